The van der Waals surface area contributed by atoms with Crippen molar-refractivity contribution in [1.29, 1.82) is 0 Å². The Labute approximate surface area is 306 Å². The number of rotatable bonds is 11. The summed E-state index contributed by atoms with van der Waals surface area (Å²) in [6.07, 6.45) is 0. The molecule has 0 radical (unpaired) electrons. The predicted molar refractivity (Wildman–Crippen MR) is 229 cm³/mol. The lowest BCUT2D eigenvalue weighted by atomic mass is 10.00. The van der Waals surface area contributed by atoms with Gasteiger partial charge in [0.05, 0.1) is 14.2 Å². The van der Waals surface area contributed by atoms with E-state index < -0.39 is 28.0 Å². The molecule has 0 amide bonds. The fourth-order valence-corrected chi connectivity index (χ4v) is 122. The summed E-state index contributed by atoms with van der Waals surface area (Å²) < 4.78 is 0. The number of hydrogen-bond acceptors (Lipinski definition) is 0. The van der Waals surface area contributed by atoms with Crippen molar-refractivity contribution in [1.82, 2.24) is 0 Å². The van der Waals surface area contributed by atoms with Crippen LogP contribution in [0.2, 0.25) is 48.4 Å². The fraction of sp³-hybridized carbons (Fsp3) is 1.00. The molecule has 46 heavy (non-hydrogen) atoms. The zero-order chi connectivity index (χ0) is 37.7. The van der Waals surface area contributed by atoms with Gasteiger partial charge in [-0.3, -0.25) is 0 Å². The predicted octanol–water partition coefficient (Wildman–Crippen LogP) is 15.9. The molecular formula is C40H88Cl2Si4. The van der Waals surface area contributed by atoms with Crippen molar-refractivity contribution in [3.05, 3.63) is 0 Å². The van der Waals surface area contributed by atoms with E-state index in [9.17, 15) is 0 Å². The van der Waals surface area contributed by atoms with Gasteiger partial charge in [0, 0.05) is 0 Å². The zero-order valence-electron chi connectivity index (χ0n) is 36.4. The number of hydrogen-bond donors (Lipinski definition) is 0. The van der Waals surface area contributed by atoms with Crippen molar-refractivity contribution >= 4 is 50.2 Å². The topological polar surface area (TPSA) is 0 Å². The van der Waals surface area contributed by atoms with Crippen LogP contribution in [-0.4, -0.2) is 28.0 Å². The van der Waals surface area contributed by atoms with Crippen molar-refractivity contribution in [2.45, 2.75) is 215 Å². The highest BCUT2D eigenvalue weighted by molar-refractivity contribution is 7.93. The molecule has 0 atom stereocenters. The molecule has 0 spiro atoms. The van der Waals surface area contributed by atoms with Gasteiger partial charge in [-0.15, -0.1) is 0 Å². The average Bonchev–Trinajstić information content (AvgIpc) is 2.54. The normalized spacial score (nSPS) is 16.3. The van der Waals surface area contributed by atoms with Gasteiger partial charge in [0.15, 0.2) is 0 Å². The highest BCUT2D eigenvalue weighted by Gasteiger charge is 2.75. The molecule has 0 saturated heterocycles. The van der Waals surface area contributed by atoms with Crippen LogP contribution in [0.3, 0.4) is 0 Å². The molecule has 0 aliphatic carbocycles. The molecule has 0 aromatic rings. The van der Waals surface area contributed by atoms with E-state index in [1.165, 1.54) is 48.4 Å². The smallest absolute Gasteiger partial charge is 0.145 e. The highest BCUT2D eigenvalue weighted by Crippen LogP contribution is 2.63. The Hall–Kier alpha value is 1.45. The fourth-order valence-electron chi connectivity index (χ4n) is 10.1. The van der Waals surface area contributed by atoms with Crippen LogP contribution in [-0.2, 0) is 0 Å². The van der Waals surface area contributed by atoms with E-state index in [-0.39, 0.29) is 43.3 Å². The van der Waals surface area contributed by atoms with Crippen LogP contribution >= 0.6 is 22.2 Å². The first-order chi connectivity index (χ1) is 19.4. The molecular weight excluding hydrogens is 664 g/mol. The average molecular weight is 752 g/mol. The molecule has 0 aliphatic rings. The van der Waals surface area contributed by atoms with Gasteiger partial charge >= 0.3 is 0 Å². The van der Waals surface area contributed by atoms with Crippen LogP contribution < -0.4 is 0 Å². The molecule has 0 aromatic carbocycles. The van der Waals surface area contributed by atoms with Gasteiger partial charge in [-0.25, -0.2) is 0 Å². The van der Waals surface area contributed by atoms with Crippen LogP contribution in [0.25, 0.3) is 0 Å². The minimum Gasteiger partial charge on any atom is -0.171 e. The summed E-state index contributed by atoms with van der Waals surface area (Å²) in [4.78, 5) is 0. The van der Waals surface area contributed by atoms with Crippen molar-refractivity contribution < 1.29 is 0 Å². The molecule has 0 fully saturated rings. The molecule has 0 saturated carbocycles. The summed E-state index contributed by atoms with van der Waals surface area (Å²) in [6, 6.07) is 10.2. The Morgan fingerprint density at radius 1 is 0.239 bits per heavy atom. The van der Waals surface area contributed by atoms with E-state index in [2.05, 4.69) is 166 Å². The van der Waals surface area contributed by atoms with Crippen molar-refractivity contribution in [3.63, 3.8) is 0 Å². The van der Waals surface area contributed by atoms with Gasteiger partial charge in [-0.05, 0) is 67.5 Å². The lowest BCUT2D eigenvalue weighted by molar-refractivity contribution is 0.418. The molecule has 0 nitrogen and oxygen atoms in total. The van der Waals surface area contributed by atoms with Crippen LogP contribution in [0.4, 0.5) is 0 Å². The summed E-state index contributed by atoms with van der Waals surface area (Å²) in [5, 5.41) is 0. The summed E-state index contributed by atoms with van der Waals surface area (Å²) >= 11 is 18.3. The first-order valence-electron chi connectivity index (χ1n) is 18.8. The largest absolute Gasteiger partial charge is 0.171 e. The summed E-state index contributed by atoms with van der Waals surface area (Å²) in [5.41, 5.74) is 1.52. The standard InChI is InChI=1S/C40H88Cl2Si4/c1-33(2,3)25-43(41,26-34(4,5)6)45(29-37(13,14)15,30-38(16,17)18)46(31-39(19,20)21,32-40(22,23)24)44(42,27-35(7,8)9)28-36(10,11)12/h25-32H2,1-24H3. The Kier molecular flexibility index (Phi) is 14.9. The number of halogens is 2. The second-order valence-electron chi connectivity index (χ2n) is 26.0. The molecule has 278 valence electrons. The highest BCUT2D eigenvalue weighted by atomic mass is 35.6. The van der Waals surface area contributed by atoms with E-state index in [0.717, 1.165) is 0 Å². The maximum absolute atomic E-state index is 9.13. The lowest BCUT2D eigenvalue weighted by Crippen LogP contribution is -2.87. The Balaban J connectivity index is 9.49. The van der Waals surface area contributed by atoms with Crippen molar-refractivity contribution in [2.75, 3.05) is 0 Å². The van der Waals surface area contributed by atoms with E-state index in [4.69, 9.17) is 22.2 Å². The van der Waals surface area contributed by atoms with Crippen LogP contribution in [0.5, 0.6) is 0 Å². The molecule has 0 unspecified atom stereocenters. The lowest BCUT2D eigenvalue weighted by Gasteiger charge is -2.67. The van der Waals surface area contributed by atoms with Crippen LogP contribution in [0, 0.1) is 43.3 Å². The van der Waals surface area contributed by atoms with Crippen molar-refractivity contribution in [3.8, 4) is 0 Å². The monoisotopic (exact) mass is 751 g/mol. The van der Waals surface area contributed by atoms with E-state index in [1.54, 1.807) is 0 Å². The van der Waals surface area contributed by atoms with Gasteiger partial charge in [0.25, 0.3) is 0 Å². The first kappa shape index (κ1) is 47.4. The van der Waals surface area contributed by atoms with E-state index in [0.29, 0.717) is 0 Å². The third-order valence-corrected chi connectivity index (χ3v) is 80.2. The van der Waals surface area contributed by atoms with Gasteiger partial charge < -0.3 is 0 Å². The molecule has 0 bridgehead atoms. The van der Waals surface area contributed by atoms with Gasteiger partial charge in [0.2, 0.25) is 0 Å². The minimum absolute atomic E-state index is 0.182. The van der Waals surface area contributed by atoms with Gasteiger partial charge in [-0.1, -0.05) is 190 Å². The third-order valence-electron chi connectivity index (χ3n) is 9.20. The maximum Gasteiger partial charge on any atom is 0.145 e. The first-order valence-corrected chi connectivity index (χ1v) is 33.5. The second-order valence-corrected chi connectivity index (χ2v) is 63.5. The van der Waals surface area contributed by atoms with Crippen LogP contribution in [0.1, 0.15) is 166 Å². The second kappa shape index (κ2) is 14.5. The quantitative estimate of drug-likeness (QED) is 0.146. The Bertz CT molecular complexity index is 815. The van der Waals surface area contributed by atoms with E-state index >= 15 is 0 Å². The molecule has 0 aromatic heterocycles. The summed E-state index contributed by atoms with van der Waals surface area (Å²) in [5.74, 6) is 0. The van der Waals surface area contributed by atoms with E-state index in [1.807, 2.05) is 0 Å². The van der Waals surface area contributed by atoms with Crippen molar-refractivity contribution in [2.24, 2.45) is 43.3 Å². The molecule has 6 heteroatoms. The minimum atomic E-state index is -2.49. The maximum atomic E-state index is 9.13. The summed E-state index contributed by atoms with van der Waals surface area (Å²) in [6.45, 7) is 55.8. The van der Waals surface area contributed by atoms with Gasteiger partial charge in [0.1, 0.15) is 13.8 Å². The molecule has 0 aliphatic heterocycles. The molecule has 0 rings (SSSR count). The third kappa shape index (κ3) is 15.4. The molecule has 0 N–H and O–H groups in total. The summed E-state index contributed by atoms with van der Waals surface area (Å²) in [7, 11) is -4.80. The van der Waals surface area contributed by atoms with Gasteiger partial charge in [-0.2, -0.15) is 22.2 Å². The van der Waals surface area contributed by atoms with Crippen LogP contribution in [0.15, 0.2) is 0 Å². The zero-order valence-corrected chi connectivity index (χ0v) is 41.9. The SMILES string of the molecule is CC(C)(C)C[Si](Cl)(CC(C)(C)C)[Si](CC(C)(C)C)(CC(C)(C)C)[Si](CC(C)(C)C)(CC(C)(C)C)[Si](Cl)(CC(C)(C)C)CC(C)(C)C. The molecule has 0 heterocycles. The Morgan fingerprint density at radius 2 is 0.348 bits per heavy atom. The Morgan fingerprint density at radius 3 is 0.435 bits per heavy atom.